The van der Waals surface area contributed by atoms with E-state index in [1.54, 1.807) is 18.2 Å². The van der Waals surface area contributed by atoms with E-state index < -0.39 is 11.9 Å². The van der Waals surface area contributed by atoms with Crippen LogP contribution in [-0.2, 0) is 9.53 Å². The van der Waals surface area contributed by atoms with Crippen molar-refractivity contribution in [3.8, 4) is 0 Å². The van der Waals surface area contributed by atoms with E-state index in [1.165, 1.54) is 12.5 Å². The first-order chi connectivity index (χ1) is 11.1. The summed E-state index contributed by atoms with van der Waals surface area (Å²) < 4.78 is 10.1. The summed E-state index contributed by atoms with van der Waals surface area (Å²) in [4.78, 5) is 27.8. The highest BCUT2D eigenvalue weighted by molar-refractivity contribution is 5.97. The molecule has 6 nitrogen and oxygen atoms in total. The molecule has 0 aliphatic rings. The molecule has 0 aliphatic carbocycles. The van der Waals surface area contributed by atoms with Crippen LogP contribution >= 0.6 is 0 Å². The molecule has 23 heavy (non-hydrogen) atoms. The zero-order chi connectivity index (χ0) is 16.2. The predicted molar refractivity (Wildman–Crippen MR) is 84.1 cm³/mol. The lowest BCUT2D eigenvalue weighted by molar-refractivity contribution is -0.119. The number of nitrogens with one attached hydrogen (secondary N) is 1. The highest BCUT2D eigenvalue weighted by atomic mass is 16.5. The minimum Gasteiger partial charge on any atom is -0.452 e. The van der Waals surface area contributed by atoms with Crippen LogP contribution in [0.15, 0.2) is 53.3 Å². The Balaban J connectivity index is 1.60. The second-order valence-electron chi connectivity index (χ2n) is 4.97. The summed E-state index contributed by atoms with van der Waals surface area (Å²) in [6.07, 6.45) is 1.30. The second-order valence-corrected chi connectivity index (χ2v) is 4.97. The Bertz CT molecular complexity index is 870. The van der Waals surface area contributed by atoms with Gasteiger partial charge in [-0.2, -0.15) is 0 Å². The number of hydrogen-bond donors (Lipinski definition) is 1. The third-order valence-corrected chi connectivity index (χ3v) is 3.32. The maximum absolute atomic E-state index is 12.0. The Labute approximate surface area is 132 Å². The minimum atomic E-state index is -0.594. The summed E-state index contributed by atoms with van der Waals surface area (Å²) in [5.41, 5.74) is 3.07. The van der Waals surface area contributed by atoms with Crippen molar-refractivity contribution in [1.29, 1.82) is 0 Å². The molecule has 0 spiro atoms. The average Bonchev–Trinajstić information content (AvgIpc) is 3.02. The van der Waals surface area contributed by atoms with Gasteiger partial charge in [-0.05, 0) is 36.8 Å². The van der Waals surface area contributed by atoms with E-state index in [4.69, 9.17) is 9.15 Å². The molecule has 0 bridgehead atoms. The van der Waals surface area contributed by atoms with Gasteiger partial charge in [0.15, 0.2) is 18.6 Å². The van der Waals surface area contributed by atoms with Gasteiger partial charge in [0.05, 0.1) is 5.56 Å². The first-order valence-electron chi connectivity index (χ1n) is 6.99. The van der Waals surface area contributed by atoms with Gasteiger partial charge in [0.2, 0.25) is 0 Å². The Morgan fingerprint density at radius 2 is 2.04 bits per heavy atom. The van der Waals surface area contributed by atoms with Gasteiger partial charge in [-0.25, -0.2) is 9.78 Å². The van der Waals surface area contributed by atoms with Crippen molar-refractivity contribution in [2.75, 3.05) is 11.9 Å². The number of rotatable bonds is 4. The van der Waals surface area contributed by atoms with Crippen molar-refractivity contribution in [2.24, 2.45) is 0 Å². The van der Waals surface area contributed by atoms with Crippen LogP contribution in [-0.4, -0.2) is 23.5 Å². The standard InChI is InChI=1S/C17H14N2O4/c1-11-4-2-3-5-13(11)19-16(20)9-22-17(21)12-6-7-14-15(8-12)23-10-18-14/h2-8,10H,9H2,1H3,(H,19,20). The van der Waals surface area contributed by atoms with Crippen molar-refractivity contribution in [1.82, 2.24) is 4.98 Å². The van der Waals surface area contributed by atoms with Gasteiger partial charge in [0.25, 0.3) is 5.91 Å². The summed E-state index contributed by atoms with van der Waals surface area (Å²) in [6, 6.07) is 12.1. The number of esters is 1. The molecule has 3 rings (SSSR count). The maximum atomic E-state index is 12.0. The number of ether oxygens (including phenoxy) is 1. The monoisotopic (exact) mass is 310 g/mol. The quantitative estimate of drug-likeness (QED) is 0.749. The SMILES string of the molecule is Cc1ccccc1NC(=O)COC(=O)c1ccc2ncoc2c1. The van der Waals surface area contributed by atoms with Crippen molar-refractivity contribution in [3.63, 3.8) is 0 Å². The maximum Gasteiger partial charge on any atom is 0.338 e. The molecule has 6 heteroatoms. The van der Waals surface area contributed by atoms with E-state index in [2.05, 4.69) is 10.3 Å². The summed E-state index contributed by atoms with van der Waals surface area (Å²) in [5, 5.41) is 2.70. The number of amides is 1. The molecule has 0 unspecified atom stereocenters. The number of fused-ring (bicyclic) bond motifs is 1. The van der Waals surface area contributed by atoms with Gasteiger partial charge < -0.3 is 14.5 Å². The van der Waals surface area contributed by atoms with Crippen molar-refractivity contribution in [3.05, 3.63) is 60.0 Å². The van der Waals surface area contributed by atoms with Crippen LogP contribution in [0.4, 0.5) is 5.69 Å². The fourth-order valence-corrected chi connectivity index (χ4v) is 2.10. The third kappa shape index (κ3) is 3.37. The number of nitrogens with zero attached hydrogens (tertiary/aromatic N) is 1. The van der Waals surface area contributed by atoms with Crippen LogP contribution in [0, 0.1) is 6.92 Å². The molecule has 2 aromatic carbocycles. The number of anilines is 1. The van der Waals surface area contributed by atoms with Crippen LogP contribution in [0.2, 0.25) is 0 Å². The average molecular weight is 310 g/mol. The minimum absolute atomic E-state index is 0.304. The van der Waals surface area contributed by atoms with Crippen molar-refractivity contribution in [2.45, 2.75) is 6.92 Å². The number of carbonyl (C=O) groups is 2. The van der Waals surface area contributed by atoms with E-state index in [0.29, 0.717) is 22.4 Å². The smallest absolute Gasteiger partial charge is 0.338 e. The van der Waals surface area contributed by atoms with E-state index in [0.717, 1.165) is 5.56 Å². The lowest BCUT2D eigenvalue weighted by Crippen LogP contribution is -2.21. The fraction of sp³-hybridized carbons (Fsp3) is 0.118. The van der Waals surface area contributed by atoms with Crippen molar-refractivity contribution >= 4 is 28.7 Å². The molecule has 0 atom stereocenters. The third-order valence-electron chi connectivity index (χ3n) is 3.32. The molecule has 1 heterocycles. The Hall–Kier alpha value is -3.15. The van der Waals surface area contributed by atoms with Crippen LogP contribution in [0.25, 0.3) is 11.1 Å². The number of oxazole rings is 1. The molecule has 116 valence electrons. The molecule has 1 aromatic heterocycles. The molecule has 1 amide bonds. The molecule has 3 aromatic rings. The fourth-order valence-electron chi connectivity index (χ4n) is 2.10. The molecule has 0 saturated heterocycles. The van der Waals surface area contributed by atoms with Crippen LogP contribution < -0.4 is 5.32 Å². The van der Waals surface area contributed by atoms with Crippen LogP contribution in [0.1, 0.15) is 15.9 Å². The zero-order valence-electron chi connectivity index (χ0n) is 12.4. The summed E-state index contributed by atoms with van der Waals surface area (Å²) in [6.45, 7) is 1.52. The van der Waals surface area contributed by atoms with E-state index in [-0.39, 0.29) is 6.61 Å². The summed E-state index contributed by atoms with van der Waals surface area (Å²) >= 11 is 0. The van der Waals surface area contributed by atoms with Crippen LogP contribution in [0.3, 0.4) is 0 Å². The summed E-state index contributed by atoms with van der Waals surface area (Å²) in [5.74, 6) is -0.989. The zero-order valence-corrected chi connectivity index (χ0v) is 12.4. The number of aromatic nitrogens is 1. The topological polar surface area (TPSA) is 81.4 Å². The number of carbonyl (C=O) groups excluding carboxylic acids is 2. The molecule has 0 aliphatic heterocycles. The Morgan fingerprint density at radius 3 is 2.87 bits per heavy atom. The van der Waals surface area contributed by atoms with Gasteiger partial charge in [0.1, 0.15) is 5.52 Å². The number of para-hydroxylation sites is 1. The summed E-state index contributed by atoms with van der Waals surface area (Å²) in [7, 11) is 0. The van der Waals surface area contributed by atoms with Crippen LogP contribution in [0.5, 0.6) is 0 Å². The molecular formula is C17H14N2O4. The highest BCUT2D eigenvalue weighted by Crippen LogP contribution is 2.15. The molecule has 0 saturated carbocycles. The van der Waals surface area contributed by atoms with Gasteiger partial charge in [-0.15, -0.1) is 0 Å². The number of aryl methyl sites for hydroxylation is 1. The van der Waals surface area contributed by atoms with Crippen molar-refractivity contribution < 1.29 is 18.7 Å². The Kier molecular flexibility index (Phi) is 4.05. The van der Waals surface area contributed by atoms with Gasteiger partial charge in [-0.3, -0.25) is 4.79 Å². The molecular weight excluding hydrogens is 296 g/mol. The molecule has 1 N–H and O–H groups in total. The van der Waals surface area contributed by atoms with E-state index in [1.807, 2.05) is 25.1 Å². The first kappa shape index (κ1) is 14.8. The lowest BCUT2D eigenvalue weighted by atomic mass is 10.2. The van der Waals surface area contributed by atoms with Gasteiger partial charge in [-0.1, -0.05) is 18.2 Å². The molecule has 0 fully saturated rings. The first-order valence-corrected chi connectivity index (χ1v) is 6.99. The number of benzene rings is 2. The van der Waals surface area contributed by atoms with Gasteiger partial charge >= 0.3 is 5.97 Å². The lowest BCUT2D eigenvalue weighted by Gasteiger charge is -2.08. The normalized spacial score (nSPS) is 10.5. The van der Waals surface area contributed by atoms with E-state index >= 15 is 0 Å². The molecule has 0 radical (unpaired) electrons. The second kappa shape index (κ2) is 6.31. The largest absolute Gasteiger partial charge is 0.452 e. The Morgan fingerprint density at radius 1 is 1.22 bits per heavy atom. The number of hydrogen-bond acceptors (Lipinski definition) is 5. The highest BCUT2D eigenvalue weighted by Gasteiger charge is 2.12. The predicted octanol–water partition coefficient (Wildman–Crippen LogP) is 2.93. The van der Waals surface area contributed by atoms with Gasteiger partial charge in [0, 0.05) is 5.69 Å². The van der Waals surface area contributed by atoms with E-state index in [9.17, 15) is 9.59 Å².